The molecule has 46 heavy (non-hydrogen) atoms. The van der Waals surface area contributed by atoms with Crippen molar-refractivity contribution in [2.75, 3.05) is 9.80 Å². The normalized spacial score (nSPS) is 18.9. The van der Waals surface area contributed by atoms with Crippen LogP contribution >= 0.6 is 24.4 Å². The molecule has 1 spiro atoms. The Morgan fingerprint density at radius 1 is 1.09 bits per heavy atom. The third kappa shape index (κ3) is 6.82. The van der Waals surface area contributed by atoms with E-state index in [1.165, 1.54) is 24.8 Å². The summed E-state index contributed by atoms with van der Waals surface area (Å²) in [5.41, 5.74) is -1.50. The van der Waals surface area contributed by atoms with E-state index >= 15 is 0 Å². The molecule has 2 fully saturated rings. The van der Waals surface area contributed by atoms with Gasteiger partial charge in [-0.3, -0.25) is 4.90 Å². The van der Waals surface area contributed by atoms with Gasteiger partial charge >= 0.3 is 12.4 Å². The van der Waals surface area contributed by atoms with E-state index in [1.807, 2.05) is 0 Å². The number of thiocarbonyl (C=S) groups is 2. The highest BCUT2D eigenvalue weighted by Crippen LogP contribution is 2.49. The maximum absolute atomic E-state index is 14.0. The van der Waals surface area contributed by atoms with Gasteiger partial charge in [0.25, 0.3) is 0 Å². The second-order valence-electron chi connectivity index (χ2n) is 11.3. The summed E-state index contributed by atoms with van der Waals surface area (Å²) in [5.74, 6) is -2.98. The van der Waals surface area contributed by atoms with Crippen LogP contribution in [0.5, 0.6) is 0 Å². The van der Waals surface area contributed by atoms with E-state index in [9.17, 15) is 42.0 Å². The molecule has 0 aromatic heterocycles. The van der Waals surface area contributed by atoms with Crippen molar-refractivity contribution in [2.24, 2.45) is 16.8 Å². The number of halogens is 6. The minimum atomic E-state index is -4.85. The number of rotatable bonds is 8. The zero-order valence-corrected chi connectivity index (χ0v) is 26.4. The van der Waals surface area contributed by atoms with Crippen LogP contribution in [-0.4, -0.2) is 38.9 Å². The van der Waals surface area contributed by atoms with Crippen molar-refractivity contribution >= 4 is 51.9 Å². The number of benzene rings is 2. The number of alkyl halides is 6. The van der Waals surface area contributed by atoms with Gasteiger partial charge in [-0.05, 0) is 99.4 Å². The molecule has 0 bridgehead atoms. The number of aliphatic hydroxyl groups excluding tert-OH is 1. The largest absolute Gasteiger partial charge is 0.417 e. The lowest BCUT2D eigenvalue weighted by atomic mass is 9.74. The lowest BCUT2D eigenvalue weighted by molar-refractivity contribution is -0.187. The van der Waals surface area contributed by atoms with Crippen LogP contribution in [0.4, 0.5) is 37.7 Å². The highest BCUT2D eigenvalue weighted by molar-refractivity contribution is 7.81. The third-order valence-electron chi connectivity index (χ3n) is 8.38. The zero-order valence-electron chi connectivity index (χ0n) is 24.8. The van der Waals surface area contributed by atoms with Gasteiger partial charge in [-0.1, -0.05) is 19.1 Å². The Bertz CT molecular complexity index is 1590. The molecular weight excluding hydrogens is 651 g/mol. The Hall–Kier alpha value is -3.79. The number of hydrogen-bond donors (Lipinski definition) is 2. The number of anilines is 2. The molecule has 1 aliphatic heterocycles. The summed E-state index contributed by atoms with van der Waals surface area (Å²) in [6.45, 7) is 2.78. The lowest BCUT2D eigenvalue weighted by Crippen LogP contribution is -2.55. The Labute approximate surface area is 273 Å². The number of aliphatic hydroxyl groups is 1. The van der Waals surface area contributed by atoms with Crippen molar-refractivity contribution in [1.82, 2.24) is 5.32 Å². The Balaban J connectivity index is 1.79. The maximum Gasteiger partial charge on any atom is 0.417 e. The van der Waals surface area contributed by atoms with Crippen molar-refractivity contribution in [3.63, 3.8) is 0 Å². The van der Waals surface area contributed by atoms with Gasteiger partial charge < -0.3 is 15.3 Å². The van der Waals surface area contributed by atoms with Gasteiger partial charge in [-0.25, -0.2) is 4.99 Å². The van der Waals surface area contributed by atoms with Gasteiger partial charge in [0.2, 0.25) is 0 Å². The molecule has 1 aliphatic carbocycles. The highest BCUT2D eigenvalue weighted by Gasteiger charge is 2.58. The van der Waals surface area contributed by atoms with Crippen LogP contribution < -0.4 is 15.1 Å². The summed E-state index contributed by atoms with van der Waals surface area (Å²) in [6.07, 6.45) is -8.23. The number of amidine groups is 1. The smallest absolute Gasteiger partial charge is 0.392 e. The fraction of sp³-hybridized carbons (Fsp3) is 0.452. The average molecular weight is 681 g/mol. The summed E-state index contributed by atoms with van der Waals surface area (Å²) in [6, 6.07) is 12.4. The standard InChI is InChI=1S/C31H30F6N6OS2/c1-3-20(15-38)24(30(32,33)34)13-18(2)40-27(45)41-26-29(11-4-12-29)43(22-8-5-19(17-44)6-9-22)28(46)42(26)23-10-7-21(16-39)25(14-23)31(35,36)37/h5-10,14,18,20,24,44H,3-4,11-13,17H2,1-2H3,(H,40,45)/b41-26+. The lowest BCUT2D eigenvalue weighted by Gasteiger charge is -2.44. The first kappa shape index (κ1) is 35.1. The van der Waals surface area contributed by atoms with E-state index in [0.29, 0.717) is 24.1 Å². The van der Waals surface area contributed by atoms with Gasteiger partial charge in [-0.2, -0.15) is 36.9 Å². The van der Waals surface area contributed by atoms with Crippen molar-refractivity contribution in [3.05, 3.63) is 59.2 Å². The van der Waals surface area contributed by atoms with Crippen LogP contribution in [0.25, 0.3) is 0 Å². The molecule has 2 aromatic rings. The molecular formula is C31H30F6N6OS2. The predicted molar refractivity (Wildman–Crippen MR) is 169 cm³/mol. The second-order valence-corrected chi connectivity index (χ2v) is 12.1. The molecule has 1 heterocycles. The maximum atomic E-state index is 14.0. The molecule has 3 unspecified atom stereocenters. The number of nitrogens with zero attached hydrogens (tertiary/aromatic N) is 5. The fourth-order valence-electron chi connectivity index (χ4n) is 5.91. The SMILES string of the molecule is CCC(C#N)C(CC(C)NC(=S)/N=C1/N(c2ccc(C#N)c(C(F)(F)F)c2)C(=S)N(c2ccc(CO)cc2)C12CCC2)C(F)(F)F. The van der Waals surface area contributed by atoms with Crippen LogP contribution in [-0.2, 0) is 12.8 Å². The van der Waals surface area contributed by atoms with E-state index in [2.05, 4.69) is 10.3 Å². The molecule has 7 nitrogen and oxygen atoms in total. The molecule has 2 aliphatic rings. The molecule has 0 radical (unpaired) electrons. The van der Waals surface area contributed by atoms with Crippen LogP contribution in [0, 0.1) is 34.5 Å². The first-order valence-corrected chi connectivity index (χ1v) is 15.2. The number of hydrogen-bond acceptors (Lipinski definition) is 5. The summed E-state index contributed by atoms with van der Waals surface area (Å²) in [5, 5.41) is 30.9. The molecule has 2 N–H and O–H groups in total. The minimum absolute atomic E-state index is 0.00862. The second kappa shape index (κ2) is 13.5. The molecule has 3 atom stereocenters. The van der Waals surface area contributed by atoms with Crippen molar-refractivity contribution < 1.29 is 31.4 Å². The van der Waals surface area contributed by atoms with Gasteiger partial charge in [0, 0.05) is 11.7 Å². The fourth-order valence-corrected chi connectivity index (χ4v) is 6.67. The monoisotopic (exact) mass is 680 g/mol. The average Bonchev–Trinajstić information content (AvgIpc) is 3.23. The molecule has 1 saturated carbocycles. The van der Waals surface area contributed by atoms with Crippen LogP contribution in [0.1, 0.15) is 62.6 Å². The number of aliphatic imine (C=N–C) groups is 1. The quantitative estimate of drug-likeness (QED) is 0.220. The molecule has 15 heteroatoms. The van der Waals surface area contributed by atoms with Crippen molar-refractivity contribution in [3.8, 4) is 12.1 Å². The number of nitriles is 2. The van der Waals surface area contributed by atoms with Gasteiger partial charge in [0.15, 0.2) is 10.2 Å². The third-order valence-corrected chi connectivity index (χ3v) is 8.95. The van der Waals surface area contributed by atoms with Crippen molar-refractivity contribution in [1.29, 1.82) is 10.5 Å². The van der Waals surface area contributed by atoms with Gasteiger partial charge in [0.1, 0.15) is 11.4 Å². The van der Waals surface area contributed by atoms with Crippen LogP contribution in [0.3, 0.4) is 0 Å². The summed E-state index contributed by atoms with van der Waals surface area (Å²) >= 11 is 11.3. The topological polar surface area (TPSA) is 98.7 Å². The van der Waals surface area contributed by atoms with Gasteiger partial charge in [0.05, 0.1) is 47.4 Å². The van der Waals surface area contributed by atoms with Crippen molar-refractivity contribution in [2.45, 2.75) is 76.5 Å². The van der Waals surface area contributed by atoms with E-state index in [4.69, 9.17) is 24.4 Å². The zero-order chi connectivity index (χ0) is 34.0. The van der Waals surface area contributed by atoms with E-state index in [0.717, 1.165) is 18.6 Å². The number of nitrogens with one attached hydrogen (secondary N) is 1. The van der Waals surface area contributed by atoms with E-state index in [-0.39, 0.29) is 34.8 Å². The van der Waals surface area contributed by atoms with Crippen LogP contribution in [0.2, 0.25) is 0 Å². The molecule has 2 aromatic carbocycles. The first-order valence-electron chi connectivity index (χ1n) is 14.4. The molecule has 0 amide bonds. The predicted octanol–water partition coefficient (Wildman–Crippen LogP) is 7.38. The first-order chi connectivity index (χ1) is 21.6. The Morgan fingerprint density at radius 2 is 1.72 bits per heavy atom. The summed E-state index contributed by atoms with van der Waals surface area (Å²) in [7, 11) is 0. The highest BCUT2D eigenvalue weighted by atomic mass is 32.1. The van der Waals surface area contributed by atoms with E-state index in [1.54, 1.807) is 41.3 Å². The minimum Gasteiger partial charge on any atom is -0.392 e. The van der Waals surface area contributed by atoms with Gasteiger partial charge in [-0.15, -0.1) is 0 Å². The molecule has 244 valence electrons. The Kier molecular flexibility index (Phi) is 10.3. The summed E-state index contributed by atoms with van der Waals surface area (Å²) < 4.78 is 83.5. The molecule has 4 rings (SSSR count). The molecule has 1 saturated heterocycles. The summed E-state index contributed by atoms with van der Waals surface area (Å²) in [4.78, 5) is 7.72. The van der Waals surface area contributed by atoms with E-state index < -0.39 is 53.3 Å². The van der Waals surface area contributed by atoms with Crippen LogP contribution in [0.15, 0.2) is 47.5 Å². The Morgan fingerprint density at radius 3 is 2.20 bits per heavy atom.